The Balaban J connectivity index is 2.52. The second-order valence-electron chi connectivity index (χ2n) is 2.70. The van der Waals surface area contributed by atoms with E-state index in [1.54, 1.807) is 17.2 Å². The van der Waals surface area contributed by atoms with Gasteiger partial charge in [-0.05, 0) is 6.07 Å². The number of aromatic nitrogens is 4. The van der Waals surface area contributed by atoms with Gasteiger partial charge in [0.05, 0.1) is 18.2 Å². The van der Waals surface area contributed by atoms with Crippen LogP contribution in [0.3, 0.4) is 0 Å². The molecule has 2 heterocycles. The Labute approximate surface area is 80.3 Å². The summed E-state index contributed by atoms with van der Waals surface area (Å²) in [5, 5.41) is 4.06. The Morgan fingerprint density at radius 1 is 1.54 bits per heavy atom. The number of hydrogen-bond acceptors (Lipinski definition) is 3. The van der Waals surface area contributed by atoms with Gasteiger partial charge in [-0.3, -0.25) is 4.68 Å². The largest absolute Gasteiger partial charge is 0.346 e. The zero-order valence-electron chi connectivity index (χ0n) is 7.06. The van der Waals surface area contributed by atoms with Crippen LogP contribution in [0.15, 0.2) is 24.8 Å². The van der Waals surface area contributed by atoms with Crippen LogP contribution >= 0.6 is 12.2 Å². The summed E-state index contributed by atoms with van der Waals surface area (Å²) in [4.78, 5) is 6.91. The van der Waals surface area contributed by atoms with Gasteiger partial charge in [-0.1, -0.05) is 12.2 Å². The fourth-order valence-electron chi connectivity index (χ4n) is 1.09. The van der Waals surface area contributed by atoms with E-state index in [-0.39, 0.29) is 0 Å². The van der Waals surface area contributed by atoms with Crippen LogP contribution in [-0.2, 0) is 7.05 Å². The van der Waals surface area contributed by atoms with Crippen LogP contribution in [0.4, 0.5) is 0 Å². The van der Waals surface area contributed by atoms with Gasteiger partial charge in [0, 0.05) is 18.8 Å². The first-order chi connectivity index (χ1) is 6.25. The highest BCUT2D eigenvalue weighted by Crippen LogP contribution is 2.13. The number of nitrogens with zero attached hydrogens (tertiary/aromatic N) is 3. The third-order valence-corrected chi connectivity index (χ3v) is 1.92. The molecule has 0 aromatic carbocycles. The minimum absolute atomic E-state index is 0.581. The Morgan fingerprint density at radius 3 is 3.00 bits per heavy atom. The number of rotatable bonds is 1. The SMILES string of the molecule is Cn1cc(-c2cc(=S)nc[nH]2)cn1. The molecule has 0 saturated heterocycles. The smallest absolute Gasteiger partial charge is 0.130 e. The van der Waals surface area contributed by atoms with E-state index in [1.807, 2.05) is 19.3 Å². The molecule has 0 aliphatic heterocycles. The van der Waals surface area contributed by atoms with E-state index >= 15 is 0 Å². The van der Waals surface area contributed by atoms with Crippen LogP contribution in [-0.4, -0.2) is 19.7 Å². The van der Waals surface area contributed by atoms with Crippen LogP contribution in [0, 0.1) is 4.64 Å². The van der Waals surface area contributed by atoms with Crippen molar-refractivity contribution in [1.29, 1.82) is 0 Å². The van der Waals surface area contributed by atoms with Crippen LogP contribution in [0.25, 0.3) is 11.3 Å². The van der Waals surface area contributed by atoms with E-state index in [1.165, 1.54) is 0 Å². The molecule has 0 aliphatic carbocycles. The van der Waals surface area contributed by atoms with Crippen molar-refractivity contribution < 1.29 is 0 Å². The van der Waals surface area contributed by atoms with Gasteiger partial charge in [-0.25, -0.2) is 4.98 Å². The number of aromatic amines is 1. The van der Waals surface area contributed by atoms with E-state index in [4.69, 9.17) is 12.2 Å². The summed E-state index contributed by atoms with van der Waals surface area (Å²) in [6.45, 7) is 0. The molecule has 4 nitrogen and oxygen atoms in total. The van der Waals surface area contributed by atoms with Gasteiger partial charge in [-0.15, -0.1) is 0 Å². The van der Waals surface area contributed by atoms with Gasteiger partial charge in [0.2, 0.25) is 0 Å². The van der Waals surface area contributed by atoms with Gasteiger partial charge in [0.25, 0.3) is 0 Å². The molecule has 2 aromatic rings. The molecule has 5 heteroatoms. The van der Waals surface area contributed by atoms with Gasteiger partial charge >= 0.3 is 0 Å². The zero-order valence-corrected chi connectivity index (χ0v) is 7.88. The van der Waals surface area contributed by atoms with Gasteiger partial charge in [0.15, 0.2) is 0 Å². The molecule has 2 aromatic heterocycles. The van der Waals surface area contributed by atoms with Crippen molar-refractivity contribution in [2.75, 3.05) is 0 Å². The van der Waals surface area contributed by atoms with E-state index < -0.39 is 0 Å². The van der Waals surface area contributed by atoms with Crippen molar-refractivity contribution >= 4 is 12.2 Å². The number of H-pyrrole nitrogens is 1. The Kier molecular flexibility index (Phi) is 1.94. The van der Waals surface area contributed by atoms with Crippen molar-refractivity contribution in [3.8, 4) is 11.3 Å². The van der Waals surface area contributed by atoms with Crippen molar-refractivity contribution in [2.45, 2.75) is 0 Å². The highest BCUT2D eigenvalue weighted by atomic mass is 32.1. The lowest BCUT2D eigenvalue weighted by Crippen LogP contribution is -1.85. The van der Waals surface area contributed by atoms with Gasteiger partial charge in [-0.2, -0.15) is 5.10 Å². The molecule has 0 saturated carbocycles. The molecule has 13 heavy (non-hydrogen) atoms. The van der Waals surface area contributed by atoms with E-state index in [2.05, 4.69) is 15.1 Å². The maximum atomic E-state index is 4.95. The summed E-state index contributed by atoms with van der Waals surface area (Å²) >= 11 is 4.95. The lowest BCUT2D eigenvalue weighted by molar-refractivity contribution is 0.768. The summed E-state index contributed by atoms with van der Waals surface area (Å²) < 4.78 is 2.32. The topological polar surface area (TPSA) is 46.5 Å². The van der Waals surface area contributed by atoms with E-state index in [9.17, 15) is 0 Å². The standard InChI is InChI=1S/C8H8N4S/c1-12-4-6(3-11-12)7-2-8(13)10-5-9-7/h2-5H,1H3,(H,9,10,13). The Morgan fingerprint density at radius 2 is 2.38 bits per heavy atom. The average Bonchev–Trinajstić information content (AvgIpc) is 2.52. The monoisotopic (exact) mass is 192 g/mol. The molecule has 0 aliphatic rings. The van der Waals surface area contributed by atoms with Crippen LogP contribution in [0.2, 0.25) is 0 Å². The van der Waals surface area contributed by atoms with Crippen LogP contribution in [0.1, 0.15) is 0 Å². The summed E-state index contributed by atoms with van der Waals surface area (Å²) in [6.07, 6.45) is 5.28. The van der Waals surface area contributed by atoms with E-state index in [0.717, 1.165) is 11.3 Å². The molecule has 0 bridgehead atoms. The molecule has 0 atom stereocenters. The second-order valence-corrected chi connectivity index (χ2v) is 3.12. The highest BCUT2D eigenvalue weighted by Gasteiger charge is 1.99. The number of hydrogen-bond donors (Lipinski definition) is 1. The number of nitrogens with one attached hydrogen (secondary N) is 1. The molecule has 0 fully saturated rings. The molecule has 0 amide bonds. The maximum absolute atomic E-state index is 4.95. The first kappa shape index (κ1) is 8.12. The quantitative estimate of drug-likeness (QED) is 0.697. The fourth-order valence-corrected chi connectivity index (χ4v) is 1.27. The minimum atomic E-state index is 0.581. The Bertz CT molecular complexity index is 471. The molecular formula is C8H8N4S. The molecule has 0 radical (unpaired) electrons. The molecule has 1 N–H and O–H groups in total. The first-order valence-electron chi connectivity index (χ1n) is 3.79. The van der Waals surface area contributed by atoms with Gasteiger partial charge in [0.1, 0.15) is 4.64 Å². The zero-order chi connectivity index (χ0) is 9.26. The summed E-state index contributed by atoms with van der Waals surface area (Å²) in [7, 11) is 1.87. The minimum Gasteiger partial charge on any atom is -0.346 e. The summed E-state index contributed by atoms with van der Waals surface area (Å²) in [6, 6.07) is 1.81. The Hall–Kier alpha value is -1.49. The molecular weight excluding hydrogens is 184 g/mol. The molecule has 0 spiro atoms. The van der Waals surface area contributed by atoms with Crippen molar-refractivity contribution in [3.05, 3.63) is 29.4 Å². The molecule has 2 rings (SSSR count). The normalized spacial score (nSPS) is 10.2. The predicted molar refractivity (Wildman–Crippen MR) is 51.6 cm³/mol. The third kappa shape index (κ3) is 1.65. The van der Waals surface area contributed by atoms with Crippen molar-refractivity contribution in [1.82, 2.24) is 19.7 Å². The maximum Gasteiger partial charge on any atom is 0.130 e. The average molecular weight is 192 g/mol. The second kappa shape index (κ2) is 3.10. The highest BCUT2D eigenvalue weighted by molar-refractivity contribution is 7.71. The third-order valence-electron chi connectivity index (χ3n) is 1.70. The number of aryl methyl sites for hydroxylation is 1. The first-order valence-corrected chi connectivity index (χ1v) is 4.20. The van der Waals surface area contributed by atoms with Gasteiger partial charge < -0.3 is 4.98 Å². The lowest BCUT2D eigenvalue weighted by atomic mass is 10.2. The summed E-state index contributed by atoms with van der Waals surface area (Å²) in [5.74, 6) is 0. The molecule has 66 valence electrons. The fraction of sp³-hybridized carbons (Fsp3) is 0.125. The van der Waals surface area contributed by atoms with Crippen LogP contribution in [0.5, 0.6) is 0 Å². The molecule has 0 unspecified atom stereocenters. The van der Waals surface area contributed by atoms with Crippen molar-refractivity contribution in [2.24, 2.45) is 7.05 Å². The van der Waals surface area contributed by atoms with Crippen LogP contribution < -0.4 is 0 Å². The predicted octanol–water partition coefficient (Wildman–Crippen LogP) is 1.54. The van der Waals surface area contributed by atoms with Crippen molar-refractivity contribution in [3.63, 3.8) is 0 Å². The summed E-state index contributed by atoms with van der Waals surface area (Å²) in [5.41, 5.74) is 1.95. The lowest BCUT2D eigenvalue weighted by Gasteiger charge is -1.94. The van der Waals surface area contributed by atoms with E-state index in [0.29, 0.717) is 4.64 Å².